The highest BCUT2D eigenvalue weighted by Crippen LogP contribution is 2.30. The highest BCUT2D eigenvalue weighted by Gasteiger charge is 2.14. The Bertz CT molecular complexity index is 797. The summed E-state index contributed by atoms with van der Waals surface area (Å²) in [5.74, 6) is 0.680. The zero-order chi connectivity index (χ0) is 15.0. The molecule has 1 aromatic heterocycles. The van der Waals surface area contributed by atoms with E-state index in [9.17, 15) is 0 Å². The average molecular weight is 341 g/mol. The minimum atomic E-state index is 0.301. The van der Waals surface area contributed by atoms with Gasteiger partial charge in [0.1, 0.15) is 0 Å². The van der Waals surface area contributed by atoms with Crippen LogP contribution in [0.3, 0.4) is 0 Å². The van der Waals surface area contributed by atoms with E-state index in [1.807, 2.05) is 0 Å². The lowest BCUT2D eigenvalue weighted by atomic mass is 10.2. The number of hydrogen-bond donors (Lipinski definition) is 1. The summed E-state index contributed by atoms with van der Waals surface area (Å²) in [5.41, 5.74) is 7.63. The number of anilines is 1. The Morgan fingerprint density at radius 2 is 1.62 bits per heavy atom. The fourth-order valence-corrected chi connectivity index (χ4v) is 2.57. The zero-order valence-electron chi connectivity index (χ0n) is 10.5. The van der Waals surface area contributed by atoms with Gasteiger partial charge in [0.25, 0.3) is 5.89 Å². The first-order valence-electron chi connectivity index (χ1n) is 5.88. The molecule has 0 fully saturated rings. The Hall–Kier alpha value is -1.75. The van der Waals surface area contributed by atoms with Gasteiger partial charge in [-0.25, -0.2) is 0 Å². The largest absolute Gasteiger partial charge is 0.398 e. The number of nitrogen functional groups attached to an aromatic ring is 1. The summed E-state index contributed by atoms with van der Waals surface area (Å²) in [6.07, 6.45) is 0. The predicted octanol–water partition coefficient (Wildman–Crippen LogP) is 4.95. The van der Waals surface area contributed by atoms with Gasteiger partial charge in [-0.3, -0.25) is 0 Å². The first kappa shape index (κ1) is 14.2. The van der Waals surface area contributed by atoms with Crippen molar-refractivity contribution in [2.45, 2.75) is 0 Å². The Balaban J connectivity index is 2.03. The van der Waals surface area contributed by atoms with Crippen molar-refractivity contribution in [2.24, 2.45) is 0 Å². The Kier molecular flexibility index (Phi) is 3.76. The molecule has 0 amide bonds. The molecule has 0 bridgehead atoms. The molecule has 2 N–H and O–H groups in total. The van der Waals surface area contributed by atoms with Gasteiger partial charge in [0.05, 0.1) is 5.56 Å². The van der Waals surface area contributed by atoms with Crippen LogP contribution in [-0.4, -0.2) is 10.1 Å². The van der Waals surface area contributed by atoms with E-state index in [-0.39, 0.29) is 0 Å². The van der Waals surface area contributed by atoms with Crippen molar-refractivity contribution in [3.05, 3.63) is 51.5 Å². The second-order valence-corrected chi connectivity index (χ2v) is 5.62. The zero-order valence-corrected chi connectivity index (χ0v) is 12.7. The first-order valence-corrected chi connectivity index (χ1v) is 7.02. The van der Waals surface area contributed by atoms with Crippen molar-refractivity contribution in [2.75, 3.05) is 5.73 Å². The fourth-order valence-electron chi connectivity index (χ4n) is 1.86. The van der Waals surface area contributed by atoms with Gasteiger partial charge in [-0.1, -0.05) is 40.0 Å². The van der Waals surface area contributed by atoms with Crippen molar-refractivity contribution in [1.82, 2.24) is 10.1 Å². The van der Waals surface area contributed by atoms with E-state index in [0.29, 0.717) is 43.6 Å². The molecule has 3 rings (SSSR count). The maximum atomic E-state index is 5.96. The molecule has 0 unspecified atom stereocenters. The molecule has 106 valence electrons. The summed E-state index contributed by atoms with van der Waals surface area (Å²) in [4.78, 5) is 4.31. The van der Waals surface area contributed by atoms with Crippen LogP contribution >= 0.6 is 34.8 Å². The summed E-state index contributed by atoms with van der Waals surface area (Å²) in [6, 6.07) is 10.1. The van der Waals surface area contributed by atoms with Gasteiger partial charge >= 0.3 is 0 Å². The predicted molar refractivity (Wildman–Crippen MR) is 84.6 cm³/mol. The SMILES string of the molecule is Nc1cc(Cl)ccc1-c1nc(-c2cc(Cl)cc(Cl)c2)no1. The Labute approximate surface area is 135 Å². The molecule has 0 atom stereocenters. The summed E-state index contributed by atoms with van der Waals surface area (Å²) in [5, 5.41) is 5.45. The van der Waals surface area contributed by atoms with Crippen LogP contribution in [-0.2, 0) is 0 Å². The number of nitrogens with zero attached hydrogens (tertiary/aromatic N) is 2. The third kappa shape index (κ3) is 2.97. The minimum absolute atomic E-state index is 0.301. The molecule has 0 saturated carbocycles. The maximum Gasteiger partial charge on any atom is 0.260 e. The summed E-state index contributed by atoms with van der Waals surface area (Å²) < 4.78 is 5.24. The molecule has 0 aliphatic rings. The van der Waals surface area contributed by atoms with Crippen molar-refractivity contribution >= 4 is 40.5 Å². The lowest BCUT2D eigenvalue weighted by molar-refractivity contribution is 0.432. The van der Waals surface area contributed by atoms with E-state index >= 15 is 0 Å². The average Bonchev–Trinajstić information content (AvgIpc) is 2.87. The highest BCUT2D eigenvalue weighted by molar-refractivity contribution is 6.35. The summed E-state index contributed by atoms with van der Waals surface area (Å²) >= 11 is 17.8. The Morgan fingerprint density at radius 3 is 2.29 bits per heavy atom. The van der Waals surface area contributed by atoms with Crippen LogP contribution in [0.1, 0.15) is 0 Å². The van der Waals surface area contributed by atoms with Crippen molar-refractivity contribution < 1.29 is 4.52 Å². The molecular weight excluding hydrogens is 333 g/mol. The number of hydrogen-bond acceptors (Lipinski definition) is 4. The Morgan fingerprint density at radius 1 is 0.905 bits per heavy atom. The standard InChI is InChI=1S/C14H8Cl3N3O/c15-8-1-2-11(12(18)6-8)14-19-13(20-21-14)7-3-9(16)5-10(17)4-7/h1-6H,18H2. The monoisotopic (exact) mass is 339 g/mol. The number of halogens is 3. The molecular formula is C14H8Cl3N3O. The molecule has 7 heteroatoms. The second kappa shape index (κ2) is 5.56. The molecule has 4 nitrogen and oxygen atoms in total. The third-order valence-electron chi connectivity index (χ3n) is 2.79. The minimum Gasteiger partial charge on any atom is -0.398 e. The van der Waals surface area contributed by atoms with Gasteiger partial charge in [0.15, 0.2) is 0 Å². The van der Waals surface area contributed by atoms with Gasteiger partial charge in [-0.05, 0) is 36.4 Å². The number of aromatic nitrogens is 2. The van der Waals surface area contributed by atoms with E-state index in [2.05, 4.69) is 10.1 Å². The van der Waals surface area contributed by atoms with E-state index in [1.54, 1.807) is 36.4 Å². The van der Waals surface area contributed by atoms with Gasteiger partial charge in [-0.15, -0.1) is 0 Å². The molecule has 0 aliphatic heterocycles. The lowest BCUT2D eigenvalue weighted by Crippen LogP contribution is -1.90. The summed E-state index contributed by atoms with van der Waals surface area (Å²) in [7, 11) is 0. The van der Waals surface area contributed by atoms with Crippen LogP contribution in [0.5, 0.6) is 0 Å². The molecule has 0 spiro atoms. The van der Waals surface area contributed by atoms with Crippen LogP contribution in [0.15, 0.2) is 40.9 Å². The third-order valence-corrected chi connectivity index (χ3v) is 3.46. The normalized spacial score (nSPS) is 10.8. The fraction of sp³-hybridized carbons (Fsp3) is 0. The molecule has 1 heterocycles. The van der Waals surface area contributed by atoms with E-state index in [0.717, 1.165) is 0 Å². The molecule has 2 aromatic carbocycles. The molecule has 0 radical (unpaired) electrons. The smallest absolute Gasteiger partial charge is 0.260 e. The van der Waals surface area contributed by atoms with Gasteiger partial charge in [-0.2, -0.15) is 4.98 Å². The van der Waals surface area contributed by atoms with Gasteiger partial charge in [0, 0.05) is 26.3 Å². The molecule has 3 aromatic rings. The maximum absolute atomic E-state index is 5.96. The first-order chi connectivity index (χ1) is 10.0. The van der Waals surface area contributed by atoms with E-state index in [4.69, 9.17) is 45.1 Å². The van der Waals surface area contributed by atoms with Crippen LogP contribution < -0.4 is 5.73 Å². The van der Waals surface area contributed by atoms with E-state index < -0.39 is 0 Å². The number of nitrogens with two attached hydrogens (primary N) is 1. The van der Waals surface area contributed by atoms with Crippen molar-refractivity contribution in [3.8, 4) is 22.8 Å². The quantitative estimate of drug-likeness (QED) is 0.671. The van der Waals surface area contributed by atoms with Crippen molar-refractivity contribution in [1.29, 1.82) is 0 Å². The van der Waals surface area contributed by atoms with Crippen LogP contribution in [0.4, 0.5) is 5.69 Å². The molecule has 0 aliphatic carbocycles. The number of rotatable bonds is 2. The van der Waals surface area contributed by atoms with Gasteiger partial charge < -0.3 is 10.3 Å². The molecule has 21 heavy (non-hydrogen) atoms. The van der Waals surface area contributed by atoms with Crippen LogP contribution in [0.2, 0.25) is 15.1 Å². The highest BCUT2D eigenvalue weighted by atomic mass is 35.5. The molecule has 0 saturated heterocycles. The second-order valence-electron chi connectivity index (χ2n) is 4.31. The lowest BCUT2D eigenvalue weighted by Gasteiger charge is -2.00. The van der Waals surface area contributed by atoms with Crippen LogP contribution in [0, 0.1) is 0 Å². The van der Waals surface area contributed by atoms with Crippen LogP contribution in [0.25, 0.3) is 22.8 Å². The summed E-state index contributed by atoms with van der Waals surface area (Å²) in [6.45, 7) is 0. The van der Waals surface area contributed by atoms with E-state index in [1.165, 1.54) is 0 Å². The van der Waals surface area contributed by atoms with Crippen molar-refractivity contribution in [3.63, 3.8) is 0 Å². The van der Waals surface area contributed by atoms with Gasteiger partial charge in [0.2, 0.25) is 5.82 Å². The topological polar surface area (TPSA) is 64.9 Å². The number of benzene rings is 2.